The average Bonchev–Trinajstić information content (AvgIpc) is 3.17. The Balaban J connectivity index is 2.18. The van der Waals surface area contributed by atoms with Crippen LogP contribution in [0.15, 0.2) is 30.3 Å². The van der Waals surface area contributed by atoms with Gasteiger partial charge in [-0.15, -0.1) is 0 Å². The van der Waals surface area contributed by atoms with Gasteiger partial charge in [-0.2, -0.15) is 0 Å². The third kappa shape index (κ3) is 4.54. The van der Waals surface area contributed by atoms with Gasteiger partial charge >= 0.3 is 5.97 Å². The predicted molar refractivity (Wildman–Crippen MR) is 145 cm³/mol. The molecule has 0 aromatic heterocycles. The van der Waals surface area contributed by atoms with E-state index in [9.17, 15) is 9.59 Å². The van der Waals surface area contributed by atoms with Gasteiger partial charge in [0.2, 0.25) is 0 Å². The molecular formula is C31H36O6. The van der Waals surface area contributed by atoms with Crippen LogP contribution in [0.5, 0.6) is 23.0 Å². The maximum atomic E-state index is 13.1. The van der Waals surface area contributed by atoms with Crippen LogP contribution < -0.4 is 18.9 Å². The zero-order valence-corrected chi connectivity index (χ0v) is 23.4. The normalized spacial score (nSPS) is 14.9. The second kappa shape index (κ2) is 9.09. The summed E-state index contributed by atoms with van der Waals surface area (Å²) in [4.78, 5) is 25.4. The lowest BCUT2D eigenvalue weighted by molar-refractivity contribution is -0.131. The standard InChI is InChI=1S/C31H36O6/c1-16(32)19-14-21(30(3,4)5)29-26-20(15-22(31(6,7)8)28(25(19)26)36-17(2)33)27(37-29)18-11-12-23(34-9)24(13-18)35-10/h11-15,27H,1-10H3/t27-/m0/s1. The van der Waals surface area contributed by atoms with Gasteiger partial charge in [-0.1, -0.05) is 47.6 Å². The van der Waals surface area contributed by atoms with Crippen molar-refractivity contribution in [3.8, 4) is 23.0 Å². The fourth-order valence-electron chi connectivity index (χ4n) is 5.02. The first kappa shape index (κ1) is 26.5. The number of Topliss-reactive ketones (excluding diaryl/α,β-unsaturated/α-hetero) is 1. The third-order valence-electron chi connectivity index (χ3n) is 6.81. The summed E-state index contributed by atoms with van der Waals surface area (Å²) in [5, 5.41) is 1.43. The van der Waals surface area contributed by atoms with Crippen molar-refractivity contribution < 1.29 is 28.5 Å². The van der Waals surface area contributed by atoms with Crippen molar-refractivity contribution in [3.05, 3.63) is 58.1 Å². The van der Waals surface area contributed by atoms with Gasteiger partial charge in [0, 0.05) is 45.5 Å². The summed E-state index contributed by atoms with van der Waals surface area (Å²) in [5.41, 5.74) is 3.40. The third-order valence-corrected chi connectivity index (χ3v) is 6.81. The molecule has 37 heavy (non-hydrogen) atoms. The Kier molecular flexibility index (Phi) is 6.51. The monoisotopic (exact) mass is 504 g/mol. The lowest BCUT2D eigenvalue weighted by Crippen LogP contribution is -2.17. The van der Waals surface area contributed by atoms with E-state index in [1.54, 1.807) is 21.1 Å². The van der Waals surface area contributed by atoms with Gasteiger partial charge in [0.15, 0.2) is 17.3 Å². The van der Waals surface area contributed by atoms with Crippen molar-refractivity contribution in [1.82, 2.24) is 0 Å². The molecule has 0 saturated heterocycles. The van der Waals surface area contributed by atoms with Gasteiger partial charge in [0.25, 0.3) is 0 Å². The van der Waals surface area contributed by atoms with Crippen molar-refractivity contribution >= 4 is 22.5 Å². The summed E-state index contributed by atoms with van der Waals surface area (Å²) in [6.45, 7) is 15.4. The van der Waals surface area contributed by atoms with E-state index in [0.29, 0.717) is 33.9 Å². The highest BCUT2D eigenvalue weighted by atomic mass is 16.5. The van der Waals surface area contributed by atoms with Crippen LogP contribution in [0.2, 0.25) is 0 Å². The first-order chi connectivity index (χ1) is 17.2. The van der Waals surface area contributed by atoms with Crippen LogP contribution in [-0.2, 0) is 15.6 Å². The molecule has 4 rings (SSSR count). The Morgan fingerprint density at radius 1 is 0.811 bits per heavy atom. The molecule has 1 aliphatic heterocycles. The average molecular weight is 505 g/mol. The molecule has 0 aliphatic carbocycles. The summed E-state index contributed by atoms with van der Waals surface area (Å²) in [5.74, 6) is 1.81. The van der Waals surface area contributed by atoms with Crippen LogP contribution in [0, 0.1) is 0 Å². The topological polar surface area (TPSA) is 71.1 Å². The second-order valence-electron chi connectivity index (χ2n) is 11.7. The maximum absolute atomic E-state index is 13.1. The highest BCUT2D eigenvalue weighted by molar-refractivity contribution is 6.14. The van der Waals surface area contributed by atoms with Crippen LogP contribution in [0.4, 0.5) is 0 Å². The number of hydrogen-bond donors (Lipinski definition) is 0. The van der Waals surface area contributed by atoms with Crippen LogP contribution >= 0.6 is 0 Å². The Morgan fingerprint density at radius 2 is 1.43 bits per heavy atom. The highest BCUT2D eigenvalue weighted by Gasteiger charge is 2.38. The number of carbonyl (C=O) groups excluding carboxylic acids is 2. The van der Waals surface area contributed by atoms with E-state index >= 15 is 0 Å². The van der Waals surface area contributed by atoms with E-state index in [1.807, 2.05) is 24.3 Å². The quantitative estimate of drug-likeness (QED) is 0.210. The molecule has 1 aliphatic rings. The maximum Gasteiger partial charge on any atom is 0.308 e. The number of esters is 1. The molecule has 0 spiro atoms. The lowest BCUT2D eigenvalue weighted by Gasteiger charge is -2.26. The van der Waals surface area contributed by atoms with E-state index in [2.05, 4.69) is 47.6 Å². The molecular weight excluding hydrogens is 468 g/mol. The van der Waals surface area contributed by atoms with Crippen LogP contribution in [0.1, 0.15) is 94.1 Å². The zero-order chi connectivity index (χ0) is 27.4. The van der Waals surface area contributed by atoms with Crippen LogP contribution in [-0.4, -0.2) is 26.0 Å². The molecule has 0 amide bonds. The molecule has 1 atom stereocenters. The van der Waals surface area contributed by atoms with Gasteiger partial charge < -0.3 is 18.9 Å². The van der Waals surface area contributed by atoms with Crippen molar-refractivity contribution in [3.63, 3.8) is 0 Å². The van der Waals surface area contributed by atoms with Crippen LogP contribution in [0.3, 0.4) is 0 Å². The molecule has 0 saturated carbocycles. The molecule has 6 nitrogen and oxygen atoms in total. The number of benzene rings is 3. The molecule has 3 aromatic rings. The fourth-order valence-corrected chi connectivity index (χ4v) is 5.02. The molecule has 0 unspecified atom stereocenters. The van der Waals surface area contributed by atoms with Crippen molar-refractivity contribution in [2.45, 2.75) is 72.3 Å². The SMILES string of the molecule is COc1ccc([C@@H]2Oc3c(C(C)(C)C)cc(C(C)=O)c4c(OC(C)=O)c(C(C)(C)C)cc2c34)cc1OC. The molecule has 0 fully saturated rings. The smallest absolute Gasteiger partial charge is 0.308 e. The van der Waals surface area contributed by atoms with Gasteiger partial charge in [-0.05, 0) is 42.0 Å². The van der Waals surface area contributed by atoms with Gasteiger partial charge in [0.05, 0.1) is 14.2 Å². The minimum atomic E-state index is -0.451. The highest BCUT2D eigenvalue weighted by Crippen LogP contribution is 2.55. The Hall–Kier alpha value is -3.54. The molecule has 0 bridgehead atoms. The number of hydrogen-bond acceptors (Lipinski definition) is 6. The van der Waals surface area contributed by atoms with E-state index < -0.39 is 12.1 Å². The largest absolute Gasteiger partial charge is 0.493 e. The van der Waals surface area contributed by atoms with E-state index in [0.717, 1.165) is 27.6 Å². The van der Waals surface area contributed by atoms with Crippen LogP contribution in [0.25, 0.3) is 10.8 Å². The first-order valence-corrected chi connectivity index (χ1v) is 12.5. The van der Waals surface area contributed by atoms with Gasteiger partial charge in [-0.25, -0.2) is 0 Å². The number of rotatable bonds is 5. The number of ether oxygens (including phenoxy) is 4. The van der Waals surface area contributed by atoms with E-state index in [1.165, 1.54) is 6.92 Å². The summed E-state index contributed by atoms with van der Waals surface area (Å²) in [6, 6.07) is 9.71. The van der Waals surface area contributed by atoms with Crippen molar-refractivity contribution in [2.24, 2.45) is 0 Å². The Morgan fingerprint density at radius 3 is 1.95 bits per heavy atom. The van der Waals surface area contributed by atoms with E-state index in [-0.39, 0.29) is 16.6 Å². The molecule has 3 aromatic carbocycles. The number of methoxy groups -OCH3 is 2. The molecule has 1 heterocycles. The minimum Gasteiger partial charge on any atom is -0.493 e. The number of carbonyl (C=O) groups is 2. The van der Waals surface area contributed by atoms with Gasteiger partial charge in [0.1, 0.15) is 17.6 Å². The first-order valence-electron chi connectivity index (χ1n) is 12.5. The molecule has 0 N–H and O–H groups in total. The van der Waals surface area contributed by atoms with Crippen molar-refractivity contribution in [1.29, 1.82) is 0 Å². The summed E-state index contributed by atoms with van der Waals surface area (Å²) < 4.78 is 23.6. The predicted octanol–water partition coefficient (Wildman–Crippen LogP) is 7.06. The second-order valence-corrected chi connectivity index (χ2v) is 11.7. The zero-order valence-electron chi connectivity index (χ0n) is 23.4. The minimum absolute atomic E-state index is 0.1000. The fraction of sp³-hybridized carbons (Fsp3) is 0.419. The van der Waals surface area contributed by atoms with E-state index in [4.69, 9.17) is 18.9 Å². The summed E-state index contributed by atoms with van der Waals surface area (Å²) >= 11 is 0. The van der Waals surface area contributed by atoms with Gasteiger partial charge in [-0.3, -0.25) is 9.59 Å². The molecule has 196 valence electrons. The van der Waals surface area contributed by atoms with Crippen molar-refractivity contribution in [2.75, 3.05) is 14.2 Å². The Labute approximate surface area is 218 Å². The summed E-state index contributed by atoms with van der Waals surface area (Å²) in [6.07, 6.45) is -0.451. The number of ketones is 1. The summed E-state index contributed by atoms with van der Waals surface area (Å²) in [7, 11) is 3.21. The molecule has 0 radical (unpaired) electrons. The Bertz CT molecular complexity index is 1420. The molecule has 6 heteroatoms. The lowest BCUT2D eigenvalue weighted by atomic mass is 9.78.